The molecule has 1 atom stereocenters. The summed E-state index contributed by atoms with van der Waals surface area (Å²) in [7, 11) is 1.21. The molecule has 18 heavy (non-hydrogen) atoms. The number of hydrogen-bond donors (Lipinski definition) is 2. The van der Waals surface area contributed by atoms with Crippen LogP contribution in [0.5, 0.6) is 0 Å². The zero-order chi connectivity index (χ0) is 13.1. The normalized spacial score (nSPS) is 15.5. The van der Waals surface area contributed by atoms with Crippen molar-refractivity contribution in [3.05, 3.63) is 24.3 Å². The van der Waals surface area contributed by atoms with Crippen LogP contribution in [0.2, 0.25) is 0 Å². The number of methoxy groups -OCH3 is 1. The smallest absolute Gasteiger partial charge is 0.342 e. The Morgan fingerprint density at radius 3 is 2.83 bits per heavy atom. The van der Waals surface area contributed by atoms with Crippen LogP contribution in [0.4, 0.5) is 11.4 Å². The van der Waals surface area contributed by atoms with Gasteiger partial charge in [0.2, 0.25) is 6.10 Å². The molecule has 1 aromatic carbocycles. The second-order valence-corrected chi connectivity index (χ2v) is 3.89. The monoisotopic (exact) mass is 250 g/mol. The topological polar surface area (TPSA) is 78.9 Å². The van der Waals surface area contributed by atoms with Gasteiger partial charge in [-0.25, -0.2) is 4.79 Å². The summed E-state index contributed by atoms with van der Waals surface area (Å²) in [6.45, 7) is 1.00. The lowest BCUT2D eigenvalue weighted by atomic mass is 10.1. The summed E-state index contributed by atoms with van der Waals surface area (Å²) in [4.78, 5) is 24.5. The van der Waals surface area contributed by atoms with Crippen molar-refractivity contribution in [1.29, 1.82) is 0 Å². The zero-order valence-electron chi connectivity index (χ0n) is 9.92. The fourth-order valence-corrected chi connectivity index (χ4v) is 1.96. The van der Waals surface area contributed by atoms with Gasteiger partial charge in [-0.05, 0) is 12.1 Å². The number of anilines is 2. The number of hydrogen-bond acceptors (Lipinski definition) is 4. The number of nitrogens with zero attached hydrogens (tertiary/aromatic N) is 1. The lowest BCUT2D eigenvalue weighted by Crippen LogP contribution is -2.47. The summed E-state index contributed by atoms with van der Waals surface area (Å²) in [5.41, 5.74) is 1.49. The molecule has 0 aromatic heterocycles. The lowest BCUT2D eigenvalue weighted by Gasteiger charge is -2.31. The molecule has 0 saturated heterocycles. The quantitative estimate of drug-likeness (QED) is 0.766. The largest absolute Gasteiger partial charge is 0.479 e. The molecule has 1 aliphatic rings. The van der Waals surface area contributed by atoms with E-state index < -0.39 is 18.0 Å². The third kappa shape index (κ3) is 2.14. The Hall–Kier alpha value is -2.08. The second kappa shape index (κ2) is 5.05. The first kappa shape index (κ1) is 12.4. The highest BCUT2D eigenvalue weighted by molar-refractivity contribution is 6.09. The van der Waals surface area contributed by atoms with Crippen molar-refractivity contribution >= 4 is 23.3 Å². The van der Waals surface area contributed by atoms with Crippen molar-refractivity contribution in [2.24, 2.45) is 0 Å². The average Bonchev–Trinajstić information content (AvgIpc) is 2.38. The molecule has 0 saturated carbocycles. The van der Waals surface area contributed by atoms with E-state index in [0.29, 0.717) is 18.8 Å². The molecule has 1 unspecified atom stereocenters. The summed E-state index contributed by atoms with van der Waals surface area (Å²) < 4.78 is 4.73. The van der Waals surface area contributed by atoms with Gasteiger partial charge < -0.3 is 20.1 Å². The SMILES string of the molecule is COC(C(=O)O)C(=O)N1CCNc2ccccc21. The highest BCUT2D eigenvalue weighted by Gasteiger charge is 2.33. The van der Waals surface area contributed by atoms with Crippen molar-refractivity contribution in [3.63, 3.8) is 0 Å². The summed E-state index contributed by atoms with van der Waals surface area (Å²) in [6, 6.07) is 7.27. The van der Waals surface area contributed by atoms with E-state index >= 15 is 0 Å². The predicted molar refractivity (Wildman–Crippen MR) is 65.7 cm³/mol. The van der Waals surface area contributed by atoms with Gasteiger partial charge in [0.05, 0.1) is 11.4 Å². The number of carboxylic acids is 1. The number of para-hydroxylation sites is 2. The van der Waals surface area contributed by atoms with Gasteiger partial charge in [-0.1, -0.05) is 12.1 Å². The van der Waals surface area contributed by atoms with Crippen LogP contribution < -0.4 is 10.2 Å². The number of carbonyl (C=O) groups excluding carboxylic acids is 1. The molecule has 0 aliphatic carbocycles. The van der Waals surface area contributed by atoms with E-state index in [1.54, 1.807) is 12.1 Å². The number of amides is 1. The number of rotatable bonds is 3. The van der Waals surface area contributed by atoms with Gasteiger partial charge in [0.15, 0.2) is 0 Å². The van der Waals surface area contributed by atoms with Gasteiger partial charge in [-0.2, -0.15) is 0 Å². The Balaban J connectivity index is 2.30. The Labute approximate surface area is 104 Å². The minimum absolute atomic E-state index is 0.420. The van der Waals surface area contributed by atoms with Crippen LogP contribution in [0.1, 0.15) is 0 Å². The van der Waals surface area contributed by atoms with Gasteiger partial charge in [0.25, 0.3) is 5.91 Å². The van der Waals surface area contributed by atoms with Crippen LogP contribution in [0.15, 0.2) is 24.3 Å². The third-order valence-corrected chi connectivity index (χ3v) is 2.80. The number of fused-ring (bicyclic) bond motifs is 1. The molecule has 2 rings (SSSR count). The lowest BCUT2D eigenvalue weighted by molar-refractivity contribution is -0.154. The van der Waals surface area contributed by atoms with Crippen LogP contribution >= 0.6 is 0 Å². The fraction of sp³-hybridized carbons (Fsp3) is 0.333. The molecule has 6 heteroatoms. The van der Waals surface area contributed by atoms with E-state index in [0.717, 1.165) is 5.69 Å². The standard InChI is InChI=1S/C12H14N2O4/c1-18-10(12(16)17)11(15)14-7-6-13-8-4-2-3-5-9(8)14/h2-5,10,13H,6-7H2,1H3,(H,16,17). The van der Waals surface area contributed by atoms with Crippen LogP contribution in [-0.4, -0.2) is 43.3 Å². The minimum Gasteiger partial charge on any atom is -0.479 e. The Bertz CT molecular complexity index is 475. The van der Waals surface area contributed by atoms with Crippen LogP contribution in [-0.2, 0) is 14.3 Å². The van der Waals surface area contributed by atoms with Crippen molar-refractivity contribution in [1.82, 2.24) is 0 Å². The predicted octanol–water partition coefficient (Wildman–Crippen LogP) is 0.545. The molecule has 6 nitrogen and oxygen atoms in total. The Morgan fingerprint density at radius 2 is 2.17 bits per heavy atom. The van der Waals surface area contributed by atoms with Gasteiger partial charge in [-0.3, -0.25) is 4.79 Å². The molecule has 1 aromatic rings. The molecule has 1 amide bonds. The van der Waals surface area contributed by atoms with Crippen molar-refractivity contribution < 1.29 is 19.4 Å². The highest BCUT2D eigenvalue weighted by Crippen LogP contribution is 2.28. The molecule has 0 fully saturated rings. The first-order valence-electron chi connectivity index (χ1n) is 5.55. The maximum absolute atomic E-state index is 12.1. The number of benzene rings is 1. The van der Waals surface area contributed by atoms with E-state index in [4.69, 9.17) is 9.84 Å². The van der Waals surface area contributed by atoms with Gasteiger partial charge >= 0.3 is 5.97 Å². The van der Waals surface area contributed by atoms with Crippen LogP contribution in [0.25, 0.3) is 0 Å². The van der Waals surface area contributed by atoms with E-state index in [9.17, 15) is 9.59 Å². The molecule has 0 bridgehead atoms. The molecular formula is C12H14N2O4. The number of carbonyl (C=O) groups is 2. The van der Waals surface area contributed by atoms with Gasteiger partial charge in [0.1, 0.15) is 0 Å². The van der Waals surface area contributed by atoms with Gasteiger partial charge in [0, 0.05) is 20.2 Å². The zero-order valence-corrected chi connectivity index (χ0v) is 9.92. The van der Waals surface area contributed by atoms with E-state index in [2.05, 4.69) is 5.32 Å². The average molecular weight is 250 g/mol. The fourth-order valence-electron chi connectivity index (χ4n) is 1.96. The van der Waals surface area contributed by atoms with E-state index in [1.807, 2.05) is 12.1 Å². The summed E-state index contributed by atoms with van der Waals surface area (Å²) >= 11 is 0. The Morgan fingerprint density at radius 1 is 1.44 bits per heavy atom. The van der Waals surface area contributed by atoms with Crippen molar-refractivity contribution in [2.75, 3.05) is 30.4 Å². The molecular weight excluding hydrogens is 236 g/mol. The molecule has 0 spiro atoms. The first-order chi connectivity index (χ1) is 8.65. The van der Waals surface area contributed by atoms with Gasteiger partial charge in [-0.15, -0.1) is 0 Å². The molecule has 2 N–H and O–H groups in total. The number of aliphatic carboxylic acids is 1. The highest BCUT2D eigenvalue weighted by atomic mass is 16.5. The van der Waals surface area contributed by atoms with Crippen LogP contribution in [0, 0.1) is 0 Å². The van der Waals surface area contributed by atoms with Crippen molar-refractivity contribution in [2.45, 2.75) is 6.10 Å². The Kier molecular flexibility index (Phi) is 3.47. The minimum atomic E-state index is -1.46. The molecule has 1 heterocycles. The summed E-state index contributed by atoms with van der Waals surface area (Å²) in [5.74, 6) is -1.84. The molecule has 1 aliphatic heterocycles. The number of carboxylic acid groups (broad SMARTS) is 1. The van der Waals surface area contributed by atoms with Crippen LogP contribution in [0.3, 0.4) is 0 Å². The van der Waals surface area contributed by atoms with E-state index in [-0.39, 0.29) is 0 Å². The number of ether oxygens (including phenoxy) is 1. The molecule has 0 radical (unpaired) electrons. The summed E-state index contributed by atoms with van der Waals surface area (Å²) in [5, 5.41) is 12.1. The third-order valence-electron chi connectivity index (χ3n) is 2.80. The van der Waals surface area contributed by atoms with E-state index in [1.165, 1.54) is 12.0 Å². The molecule has 96 valence electrons. The first-order valence-corrected chi connectivity index (χ1v) is 5.55. The maximum Gasteiger partial charge on any atom is 0.342 e. The van der Waals surface area contributed by atoms with Crippen molar-refractivity contribution in [3.8, 4) is 0 Å². The maximum atomic E-state index is 12.1. The number of nitrogens with one attached hydrogen (secondary N) is 1. The second-order valence-electron chi connectivity index (χ2n) is 3.89. The summed E-state index contributed by atoms with van der Waals surface area (Å²) in [6.07, 6.45) is -1.46.